The van der Waals surface area contributed by atoms with Crippen molar-refractivity contribution in [2.75, 3.05) is 47.8 Å². The largest absolute Gasteiger partial charge is 0.497 e. The number of aryl methyl sites for hydroxylation is 1. The minimum absolute atomic E-state index is 0.363. The molecule has 0 spiro atoms. The molecule has 9 heteroatoms. The first-order chi connectivity index (χ1) is 20.2. The fourth-order valence-electron chi connectivity index (χ4n) is 5.59. The predicted molar refractivity (Wildman–Crippen MR) is 156 cm³/mol. The van der Waals surface area contributed by atoms with Crippen LogP contribution in [0.25, 0.3) is 11.1 Å². The first-order valence-electron chi connectivity index (χ1n) is 13.9. The van der Waals surface area contributed by atoms with Gasteiger partial charge in [0.2, 0.25) is 0 Å². The summed E-state index contributed by atoms with van der Waals surface area (Å²) in [6.07, 6.45) is 0.938. The van der Waals surface area contributed by atoms with E-state index in [9.17, 15) is 5.26 Å². The number of ether oxygens (including phenoxy) is 8. The van der Waals surface area contributed by atoms with Gasteiger partial charge in [-0.1, -0.05) is 0 Å². The molecule has 0 unspecified atom stereocenters. The van der Waals surface area contributed by atoms with Gasteiger partial charge in [0.25, 0.3) is 0 Å². The lowest BCUT2D eigenvalue weighted by atomic mass is 9.89. The highest BCUT2D eigenvalue weighted by Crippen LogP contribution is 2.44. The number of nitriles is 1. The third kappa shape index (κ3) is 6.32. The van der Waals surface area contributed by atoms with E-state index < -0.39 is 11.6 Å². The summed E-state index contributed by atoms with van der Waals surface area (Å²) in [6, 6.07) is 15.6. The Bertz CT molecular complexity index is 1480. The number of hydrogen-bond acceptors (Lipinski definition) is 9. The van der Waals surface area contributed by atoms with Crippen LogP contribution >= 0.6 is 0 Å². The normalized spacial score (nSPS) is 17.1. The molecule has 0 radical (unpaired) electrons. The maximum atomic E-state index is 10.5. The Morgan fingerprint density at radius 1 is 0.714 bits per heavy atom. The summed E-state index contributed by atoms with van der Waals surface area (Å²) in [5, 5.41) is 10.5. The Morgan fingerprint density at radius 3 is 1.90 bits per heavy atom. The highest BCUT2D eigenvalue weighted by Gasteiger charge is 2.34. The third-order valence-electron chi connectivity index (χ3n) is 7.48. The summed E-state index contributed by atoms with van der Waals surface area (Å²) in [7, 11) is 4.81. The molecule has 0 atom stereocenters. The smallest absolute Gasteiger partial charge is 0.169 e. The highest BCUT2D eigenvalue weighted by molar-refractivity contribution is 5.82. The summed E-state index contributed by atoms with van der Waals surface area (Å²) in [5.74, 6) is 1.22. The van der Waals surface area contributed by atoms with Gasteiger partial charge in [-0.05, 0) is 67.8 Å². The van der Waals surface area contributed by atoms with Crippen molar-refractivity contribution in [1.82, 2.24) is 0 Å². The molecule has 0 aliphatic carbocycles. The van der Waals surface area contributed by atoms with Crippen molar-refractivity contribution in [3.63, 3.8) is 0 Å². The van der Waals surface area contributed by atoms with Crippen LogP contribution in [0, 0.1) is 18.3 Å². The number of benzene rings is 3. The van der Waals surface area contributed by atoms with Crippen LogP contribution in [0.15, 0.2) is 42.5 Å². The lowest BCUT2D eigenvalue weighted by Crippen LogP contribution is -2.28. The zero-order valence-electron chi connectivity index (χ0n) is 25.0. The van der Waals surface area contributed by atoms with Crippen LogP contribution in [-0.4, -0.2) is 59.3 Å². The standard InChI is InChI=1S/C33H37NO8/c1-21-11-27(31-23(19-33(3)40-9-10-41-33)15-25(36-5)17-30(31)37-6)28(20-34)29(12-21)42-26-14-22(13-24(16-26)35-4)18-32(2)38-7-8-39-32/h11-17H,7-10,18-19H2,1-6H3. The monoisotopic (exact) mass is 575 g/mol. The van der Waals surface area contributed by atoms with E-state index in [0.29, 0.717) is 79.1 Å². The van der Waals surface area contributed by atoms with Crippen LogP contribution in [0.2, 0.25) is 0 Å². The summed E-state index contributed by atoms with van der Waals surface area (Å²) in [4.78, 5) is 0. The molecule has 2 heterocycles. The van der Waals surface area contributed by atoms with Gasteiger partial charge in [-0.3, -0.25) is 0 Å². The van der Waals surface area contributed by atoms with Crippen LogP contribution in [-0.2, 0) is 31.8 Å². The van der Waals surface area contributed by atoms with Crippen molar-refractivity contribution >= 4 is 0 Å². The van der Waals surface area contributed by atoms with Gasteiger partial charge in [0.05, 0.1) is 47.8 Å². The van der Waals surface area contributed by atoms with Crippen molar-refractivity contribution in [1.29, 1.82) is 5.26 Å². The van der Waals surface area contributed by atoms with Crippen molar-refractivity contribution < 1.29 is 37.9 Å². The van der Waals surface area contributed by atoms with E-state index in [-0.39, 0.29) is 0 Å². The zero-order chi connectivity index (χ0) is 29.9. The second kappa shape index (κ2) is 12.2. The fraction of sp³-hybridized carbons (Fsp3) is 0.424. The van der Waals surface area contributed by atoms with Gasteiger partial charge in [0, 0.05) is 36.1 Å². The van der Waals surface area contributed by atoms with Crippen LogP contribution < -0.4 is 18.9 Å². The van der Waals surface area contributed by atoms with Gasteiger partial charge in [-0.2, -0.15) is 5.26 Å². The number of methoxy groups -OCH3 is 3. The van der Waals surface area contributed by atoms with Crippen LogP contribution in [0.5, 0.6) is 28.7 Å². The van der Waals surface area contributed by atoms with Crippen LogP contribution in [0.1, 0.15) is 36.1 Å². The lowest BCUT2D eigenvalue weighted by Gasteiger charge is -2.26. The van der Waals surface area contributed by atoms with E-state index in [2.05, 4.69) is 6.07 Å². The number of rotatable bonds is 10. The maximum Gasteiger partial charge on any atom is 0.169 e. The molecule has 3 aromatic carbocycles. The van der Waals surface area contributed by atoms with Gasteiger partial charge in [0.1, 0.15) is 40.4 Å². The van der Waals surface area contributed by atoms with Gasteiger partial charge in [0.15, 0.2) is 11.6 Å². The molecule has 3 aromatic rings. The first kappa shape index (κ1) is 29.7. The number of hydrogen-bond donors (Lipinski definition) is 0. The average Bonchev–Trinajstić information content (AvgIpc) is 3.59. The Balaban J connectivity index is 1.60. The Labute approximate surface area is 246 Å². The molecule has 0 saturated carbocycles. The molecular weight excluding hydrogens is 538 g/mol. The van der Waals surface area contributed by atoms with Gasteiger partial charge < -0.3 is 37.9 Å². The molecule has 2 fully saturated rings. The molecule has 0 amide bonds. The van der Waals surface area contributed by atoms with Crippen molar-refractivity contribution in [3.05, 3.63) is 64.7 Å². The Morgan fingerprint density at radius 2 is 1.31 bits per heavy atom. The Hall–Kier alpha value is -3.81. The number of nitrogens with zero attached hydrogens (tertiary/aromatic N) is 1. The summed E-state index contributed by atoms with van der Waals surface area (Å²) >= 11 is 0. The highest BCUT2D eigenvalue weighted by atomic mass is 16.7. The minimum atomic E-state index is -0.817. The Kier molecular flexibility index (Phi) is 8.62. The van der Waals surface area contributed by atoms with Crippen LogP contribution in [0.4, 0.5) is 0 Å². The second-order valence-corrected chi connectivity index (χ2v) is 10.8. The summed E-state index contributed by atoms with van der Waals surface area (Å²) in [5.41, 5.74) is 4.47. The fourth-order valence-corrected chi connectivity index (χ4v) is 5.59. The molecule has 9 nitrogen and oxygen atoms in total. The zero-order valence-corrected chi connectivity index (χ0v) is 25.0. The topological polar surface area (TPSA) is 97.6 Å². The molecule has 0 bridgehead atoms. The predicted octanol–water partition coefficient (Wildman–Crippen LogP) is 5.96. The SMILES string of the molecule is COc1cc(CC2(C)OCCO2)cc(Oc2cc(C)cc(-c3c(CC4(C)OCCO4)cc(OC)cc3OC)c2C#N)c1. The molecule has 2 saturated heterocycles. The van der Waals surface area contributed by atoms with Gasteiger partial charge in [-0.15, -0.1) is 0 Å². The molecule has 5 rings (SSSR count). The molecule has 2 aliphatic heterocycles. The molecule has 0 aromatic heterocycles. The van der Waals surface area contributed by atoms with E-state index in [1.54, 1.807) is 27.4 Å². The van der Waals surface area contributed by atoms with Crippen molar-refractivity contribution in [3.8, 4) is 45.9 Å². The summed E-state index contributed by atoms with van der Waals surface area (Å²) < 4.78 is 46.9. The van der Waals surface area contributed by atoms with Crippen molar-refractivity contribution in [2.45, 2.75) is 45.2 Å². The van der Waals surface area contributed by atoms with E-state index in [1.807, 2.05) is 57.2 Å². The maximum absolute atomic E-state index is 10.5. The van der Waals surface area contributed by atoms with E-state index in [0.717, 1.165) is 22.3 Å². The quantitative estimate of drug-likeness (QED) is 0.290. The average molecular weight is 576 g/mol. The van der Waals surface area contributed by atoms with Crippen molar-refractivity contribution in [2.24, 2.45) is 0 Å². The molecule has 0 N–H and O–H groups in total. The third-order valence-corrected chi connectivity index (χ3v) is 7.48. The molecule has 42 heavy (non-hydrogen) atoms. The summed E-state index contributed by atoms with van der Waals surface area (Å²) in [6.45, 7) is 7.92. The molecular formula is C33H37NO8. The molecule has 222 valence electrons. The molecule has 2 aliphatic rings. The first-order valence-corrected chi connectivity index (χ1v) is 13.9. The van der Waals surface area contributed by atoms with Gasteiger partial charge in [-0.25, -0.2) is 0 Å². The van der Waals surface area contributed by atoms with E-state index in [4.69, 9.17) is 37.9 Å². The van der Waals surface area contributed by atoms with E-state index >= 15 is 0 Å². The second-order valence-electron chi connectivity index (χ2n) is 10.8. The van der Waals surface area contributed by atoms with Gasteiger partial charge >= 0.3 is 0 Å². The van der Waals surface area contributed by atoms with Crippen LogP contribution in [0.3, 0.4) is 0 Å². The lowest BCUT2D eigenvalue weighted by molar-refractivity contribution is -0.140. The minimum Gasteiger partial charge on any atom is -0.497 e. The van der Waals surface area contributed by atoms with E-state index in [1.165, 1.54) is 0 Å².